The van der Waals surface area contributed by atoms with Gasteiger partial charge in [0.15, 0.2) is 0 Å². The molecule has 0 atom stereocenters. The molecular formula is C30H33ClN4O2S. The summed E-state index contributed by atoms with van der Waals surface area (Å²) in [5, 5.41) is 4.86. The first-order valence-electron chi connectivity index (χ1n) is 12.9. The van der Waals surface area contributed by atoms with Gasteiger partial charge in [0.25, 0.3) is 5.91 Å². The van der Waals surface area contributed by atoms with E-state index in [1.807, 2.05) is 67.4 Å². The van der Waals surface area contributed by atoms with Crippen LogP contribution < -0.4 is 15.8 Å². The Hall–Kier alpha value is -3.13. The fourth-order valence-electron chi connectivity index (χ4n) is 5.46. The number of pyridine rings is 1. The molecule has 2 aromatic heterocycles. The SMILES string of the molecule is CNC1CCC(N(Cc2cc(-c3ccc(N)nc3C)ccc2OC)C(=O)c2sc3ccccc3c2Cl)CC1. The molecule has 1 fully saturated rings. The molecule has 2 aromatic carbocycles. The third-order valence-corrected chi connectivity index (χ3v) is 9.24. The van der Waals surface area contributed by atoms with Crippen molar-refractivity contribution in [2.24, 2.45) is 0 Å². The number of hydrogen-bond donors (Lipinski definition) is 2. The van der Waals surface area contributed by atoms with Crippen LogP contribution in [0.2, 0.25) is 5.02 Å². The van der Waals surface area contributed by atoms with Gasteiger partial charge < -0.3 is 20.7 Å². The molecule has 2 heterocycles. The summed E-state index contributed by atoms with van der Waals surface area (Å²) in [6, 6.07) is 18.4. The van der Waals surface area contributed by atoms with Gasteiger partial charge in [0, 0.05) is 45.5 Å². The molecule has 0 radical (unpaired) electrons. The predicted octanol–water partition coefficient (Wildman–Crippen LogP) is 6.69. The molecule has 5 rings (SSSR count). The second-order valence-corrected chi connectivity index (χ2v) is 11.3. The van der Waals surface area contributed by atoms with E-state index in [1.54, 1.807) is 7.11 Å². The topological polar surface area (TPSA) is 80.5 Å². The number of nitrogens with zero attached hydrogens (tertiary/aromatic N) is 2. The number of anilines is 1. The Morgan fingerprint density at radius 3 is 2.61 bits per heavy atom. The average Bonchev–Trinajstić information content (AvgIpc) is 3.28. The molecule has 198 valence electrons. The number of benzene rings is 2. The van der Waals surface area contributed by atoms with Gasteiger partial charge in [0.2, 0.25) is 0 Å². The van der Waals surface area contributed by atoms with E-state index < -0.39 is 0 Å². The number of methoxy groups -OCH3 is 1. The second-order valence-electron chi connectivity index (χ2n) is 9.86. The Morgan fingerprint density at radius 1 is 1.16 bits per heavy atom. The Bertz CT molecular complexity index is 1460. The number of aromatic nitrogens is 1. The Labute approximate surface area is 232 Å². The normalized spacial score (nSPS) is 17.5. The lowest BCUT2D eigenvalue weighted by molar-refractivity contribution is 0.0604. The van der Waals surface area contributed by atoms with Crippen molar-refractivity contribution in [3.63, 3.8) is 0 Å². The number of carbonyl (C=O) groups excluding carboxylic acids is 1. The first kappa shape index (κ1) is 26.5. The molecule has 0 unspecified atom stereocenters. The quantitative estimate of drug-likeness (QED) is 0.269. The van der Waals surface area contributed by atoms with E-state index in [-0.39, 0.29) is 11.9 Å². The number of aryl methyl sites for hydroxylation is 1. The van der Waals surface area contributed by atoms with Crippen LogP contribution in [0, 0.1) is 6.92 Å². The summed E-state index contributed by atoms with van der Waals surface area (Å²) in [5.41, 5.74) is 9.71. The summed E-state index contributed by atoms with van der Waals surface area (Å²) >= 11 is 8.26. The fraction of sp³-hybridized carbons (Fsp3) is 0.333. The summed E-state index contributed by atoms with van der Waals surface area (Å²) in [7, 11) is 3.68. The van der Waals surface area contributed by atoms with Gasteiger partial charge in [-0.1, -0.05) is 35.9 Å². The van der Waals surface area contributed by atoms with Gasteiger partial charge in [-0.2, -0.15) is 0 Å². The number of halogens is 1. The van der Waals surface area contributed by atoms with Gasteiger partial charge in [0.05, 0.1) is 12.1 Å². The minimum Gasteiger partial charge on any atom is -0.496 e. The van der Waals surface area contributed by atoms with Crippen molar-refractivity contribution in [1.29, 1.82) is 0 Å². The average molecular weight is 549 g/mol. The van der Waals surface area contributed by atoms with E-state index in [0.29, 0.717) is 28.3 Å². The smallest absolute Gasteiger partial charge is 0.266 e. The summed E-state index contributed by atoms with van der Waals surface area (Å²) < 4.78 is 6.78. The Morgan fingerprint density at radius 2 is 1.92 bits per heavy atom. The van der Waals surface area contributed by atoms with Gasteiger partial charge >= 0.3 is 0 Å². The van der Waals surface area contributed by atoms with Crippen LogP contribution in [0.3, 0.4) is 0 Å². The number of thiophene rings is 1. The molecule has 0 aliphatic heterocycles. The molecular weight excluding hydrogens is 516 g/mol. The molecule has 0 bridgehead atoms. The maximum atomic E-state index is 14.2. The zero-order valence-electron chi connectivity index (χ0n) is 22.0. The number of rotatable bonds is 7. The summed E-state index contributed by atoms with van der Waals surface area (Å²) in [5.74, 6) is 1.22. The number of amides is 1. The van der Waals surface area contributed by atoms with E-state index in [9.17, 15) is 4.79 Å². The van der Waals surface area contributed by atoms with Crippen LogP contribution >= 0.6 is 22.9 Å². The van der Waals surface area contributed by atoms with Gasteiger partial charge in [-0.3, -0.25) is 4.79 Å². The van der Waals surface area contributed by atoms with Gasteiger partial charge in [0.1, 0.15) is 16.4 Å². The number of carbonyl (C=O) groups is 1. The van der Waals surface area contributed by atoms with Gasteiger partial charge in [-0.15, -0.1) is 11.3 Å². The molecule has 1 amide bonds. The predicted molar refractivity (Wildman–Crippen MR) is 157 cm³/mol. The van der Waals surface area contributed by atoms with Crippen molar-refractivity contribution in [3.8, 4) is 16.9 Å². The molecule has 1 aliphatic carbocycles. The lowest BCUT2D eigenvalue weighted by Crippen LogP contribution is -2.44. The lowest BCUT2D eigenvalue weighted by Gasteiger charge is -2.37. The van der Waals surface area contributed by atoms with E-state index in [4.69, 9.17) is 22.1 Å². The standard InChI is InChI=1S/C30H33ClN4O2S/c1-18-23(13-15-27(32)34-18)19-8-14-25(37-3)20(16-19)17-35(22-11-9-21(33-2)10-12-22)30(36)29-28(31)24-6-4-5-7-26(24)38-29/h4-8,13-16,21-22,33H,9-12,17H2,1-3H3,(H2,32,34). The summed E-state index contributed by atoms with van der Waals surface area (Å²) in [4.78, 5) is 21.2. The second kappa shape index (κ2) is 11.3. The molecule has 0 saturated heterocycles. The molecule has 0 spiro atoms. The van der Waals surface area contributed by atoms with E-state index in [2.05, 4.69) is 16.4 Å². The minimum absolute atomic E-state index is 0.0260. The third kappa shape index (κ3) is 5.23. The number of nitrogen functional groups attached to an aromatic ring is 1. The Kier molecular flexibility index (Phi) is 7.88. The van der Waals surface area contributed by atoms with Crippen molar-refractivity contribution in [1.82, 2.24) is 15.2 Å². The third-order valence-electron chi connectivity index (χ3n) is 7.58. The first-order valence-corrected chi connectivity index (χ1v) is 14.1. The van der Waals surface area contributed by atoms with Crippen LogP contribution in [0.25, 0.3) is 21.2 Å². The van der Waals surface area contributed by atoms with Crippen molar-refractivity contribution < 1.29 is 9.53 Å². The van der Waals surface area contributed by atoms with Crippen LogP contribution in [0.5, 0.6) is 5.75 Å². The first-order chi connectivity index (χ1) is 18.4. The van der Waals surface area contributed by atoms with Crippen molar-refractivity contribution in [3.05, 3.63) is 75.8 Å². The highest BCUT2D eigenvalue weighted by atomic mass is 35.5. The van der Waals surface area contributed by atoms with Crippen LogP contribution in [0.15, 0.2) is 54.6 Å². The molecule has 38 heavy (non-hydrogen) atoms. The van der Waals surface area contributed by atoms with Crippen molar-refractivity contribution in [2.75, 3.05) is 19.9 Å². The number of fused-ring (bicyclic) bond motifs is 1. The van der Waals surface area contributed by atoms with Crippen molar-refractivity contribution >= 4 is 44.7 Å². The molecule has 4 aromatic rings. The van der Waals surface area contributed by atoms with Gasteiger partial charge in [-0.25, -0.2) is 4.98 Å². The highest BCUT2D eigenvalue weighted by Gasteiger charge is 2.32. The number of nitrogens with one attached hydrogen (secondary N) is 1. The Balaban J connectivity index is 1.54. The summed E-state index contributed by atoms with van der Waals surface area (Å²) in [6.07, 6.45) is 3.92. The fourth-order valence-corrected chi connectivity index (χ4v) is 6.93. The molecule has 6 nitrogen and oxygen atoms in total. The maximum absolute atomic E-state index is 14.2. The van der Waals surface area contributed by atoms with E-state index >= 15 is 0 Å². The van der Waals surface area contributed by atoms with E-state index in [0.717, 1.165) is 63.9 Å². The zero-order chi connectivity index (χ0) is 26.8. The van der Waals surface area contributed by atoms with Crippen LogP contribution in [0.4, 0.5) is 5.82 Å². The van der Waals surface area contributed by atoms with Crippen LogP contribution in [0.1, 0.15) is 46.6 Å². The van der Waals surface area contributed by atoms with Crippen LogP contribution in [-0.4, -0.2) is 42.0 Å². The molecule has 1 aliphatic rings. The lowest BCUT2D eigenvalue weighted by atomic mass is 9.89. The van der Waals surface area contributed by atoms with E-state index in [1.165, 1.54) is 11.3 Å². The molecule has 8 heteroatoms. The number of nitrogens with two attached hydrogens (primary N) is 1. The summed E-state index contributed by atoms with van der Waals surface area (Å²) in [6.45, 7) is 2.38. The number of hydrogen-bond acceptors (Lipinski definition) is 6. The molecule has 3 N–H and O–H groups in total. The van der Waals surface area contributed by atoms with Crippen LogP contribution in [-0.2, 0) is 6.54 Å². The monoisotopic (exact) mass is 548 g/mol. The largest absolute Gasteiger partial charge is 0.496 e. The molecule has 1 saturated carbocycles. The number of ether oxygens (including phenoxy) is 1. The zero-order valence-corrected chi connectivity index (χ0v) is 23.5. The highest BCUT2D eigenvalue weighted by molar-refractivity contribution is 7.21. The minimum atomic E-state index is -0.0260. The van der Waals surface area contributed by atoms with Gasteiger partial charge in [-0.05, 0) is 75.5 Å². The highest BCUT2D eigenvalue weighted by Crippen LogP contribution is 2.38. The van der Waals surface area contributed by atoms with Crippen molar-refractivity contribution in [2.45, 2.75) is 51.2 Å². The maximum Gasteiger partial charge on any atom is 0.266 e.